The van der Waals surface area contributed by atoms with Crippen LogP contribution in [0.15, 0.2) is 104 Å². The fourth-order valence-corrected chi connectivity index (χ4v) is 4.85. The number of imidazole rings is 1. The van der Waals surface area contributed by atoms with Crippen LogP contribution >= 0.6 is 0 Å². The van der Waals surface area contributed by atoms with Crippen molar-refractivity contribution in [3.63, 3.8) is 0 Å². The molecule has 6 rings (SSSR count). The molecule has 4 atom stereocenters. The van der Waals surface area contributed by atoms with Gasteiger partial charge in [0, 0.05) is 0 Å². The molecule has 0 unspecified atom stereocenters. The fourth-order valence-electron chi connectivity index (χ4n) is 4.85. The van der Waals surface area contributed by atoms with Gasteiger partial charge in [0.2, 0.25) is 5.88 Å². The summed E-state index contributed by atoms with van der Waals surface area (Å²) in [6.45, 7) is -0.318. The standard InChI is InChI=1S/C32H26N4O8/c1-40-28-24-27(33-18-34-28)36(19-35-24)29-26(44-32(39)22-15-9-4-10-16-22)25(43-31(38)21-13-7-3-8-14-21)23(42-29)17-41-30(37)20-11-5-2-6-12-20/h2-16,18-19,23,25-26,29H,17H2,1H3/t23-,25-,26+,29-/m1/s1. The zero-order chi connectivity index (χ0) is 30.5. The van der Waals surface area contributed by atoms with Gasteiger partial charge in [-0.1, -0.05) is 54.6 Å². The molecule has 1 saturated heterocycles. The van der Waals surface area contributed by atoms with E-state index in [9.17, 15) is 14.4 Å². The Bertz CT molecular complexity index is 1760. The number of nitrogens with zero attached hydrogens (tertiary/aromatic N) is 4. The minimum absolute atomic E-state index is 0.227. The predicted molar refractivity (Wildman–Crippen MR) is 154 cm³/mol. The van der Waals surface area contributed by atoms with Crippen LogP contribution in [0.3, 0.4) is 0 Å². The Labute approximate surface area is 251 Å². The van der Waals surface area contributed by atoms with E-state index in [1.165, 1.54) is 24.3 Å². The molecule has 44 heavy (non-hydrogen) atoms. The van der Waals surface area contributed by atoms with Gasteiger partial charge in [-0.2, -0.15) is 4.98 Å². The maximum Gasteiger partial charge on any atom is 0.338 e. The lowest BCUT2D eigenvalue weighted by Crippen LogP contribution is -2.41. The van der Waals surface area contributed by atoms with Gasteiger partial charge < -0.3 is 23.7 Å². The molecular weight excluding hydrogens is 568 g/mol. The Balaban J connectivity index is 1.38. The Morgan fingerprint density at radius 1 is 0.727 bits per heavy atom. The average molecular weight is 595 g/mol. The van der Waals surface area contributed by atoms with E-state index < -0.39 is 42.4 Å². The van der Waals surface area contributed by atoms with E-state index in [1.54, 1.807) is 91.0 Å². The van der Waals surface area contributed by atoms with Gasteiger partial charge in [-0.25, -0.2) is 24.4 Å². The molecule has 0 bridgehead atoms. The summed E-state index contributed by atoms with van der Waals surface area (Å²) in [7, 11) is 1.45. The topological polar surface area (TPSA) is 141 Å². The van der Waals surface area contributed by atoms with Crippen LogP contribution in [-0.4, -0.2) is 69.5 Å². The lowest BCUT2D eigenvalue weighted by Gasteiger charge is -2.25. The molecule has 3 aromatic carbocycles. The van der Waals surface area contributed by atoms with Crippen molar-refractivity contribution in [1.29, 1.82) is 0 Å². The van der Waals surface area contributed by atoms with E-state index in [0.717, 1.165) is 0 Å². The number of esters is 3. The Kier molecular flexibility index (Phi) is 8.23. The lowest BCUT2D eigenvalue weighted by molar-refractivity contribution is -0.0606. The molecule has 0 amide bonds. The average Bonchev–Trinajstić information content (AvgIpc) is 3.65. The summed E-state index contributed by atoms with van der Waals surface area (Å²) in [6, 6.07) is 25.1. The molecule has 5 aromatic rings. The number of rotatable bonds is 9. The van der Waals surface area contributed by atoms with Crippen molar-refractivity contribution in [3.05, 3.63) is 120 Å². The lowest BCUT2D eigenvalue weighted by atomic mass is 10.1. The Morgan fingerprint density at radius 3 is 1.84 bits per heavy atom. The van der Waals surface area contributed by atoms with Crippen molar-refractivity contribution >= 4 is 29.1 Å². The monoisotopic (exact) mass is 594 g/mol. The molecule has 12 nitrogen and oxygen atoms in total. The number of methoxy groups -OCH3 is 1. The van der Waals surface area contributed by atoms with Gasteiger partial charge in [0.05, 0.1) is 30.1 Å². The summed E-state index contributed by atoms with van der Waals surface area (Å²) in [5, 5.41) is 0. The zero-order valence-electron chi connectivity index (χ0n) is 23.4. The maximum atomic E-state index is 13.4. The molecule has 1 aliphatic heterocycles. The molecule has 12 heteroatoms. The second kappa shape index (κ2) is 12.7. The second-order valence-electron chi connectivity index (χ2n) is 9.71. The van der Waals surface area contributed by atoms with Gasteiger partial charge in [-0.05, 0) is 36.4 Å². The zero-order valence-corrected chi connectivity index (χ0v) is 23.4. The number of fused-ring (bicyclic) bond motifs is 1. The van der Waals surface area contributed by atoms with Crippen molar-refractivity contribution in [2.75, 3.05) is 13.7 Å². The molecule has 0 N–H and O–H groups in total. The molecule has 0 radical (unpaired) electrons. The van der Waals surface area contributed by atoms with Gasteiger partial charge in [-0.3, -0.25) is 4.57 Å². The summed E-state index contributed by atoms with van der Waals surface area (Å²) in [4.78, 5) is 52.3. The van der Waals surface area contributed by atoms with Crippen LogP contribution in [0.5, 0.6) is 5.88 Å². The molecule has 2 aromatic heterocycles. The molecular formula is C32H26N4O8. The highest BCUT2D eigenvalue weighted by atomic mass is 16.7. The van der Waals surface area contributed by atoms with E-state index in [1.807, 2.05) is 0 Å². The maximum absolute atomic E-state index is 13.4. The molecule has 0 aliphatic carbocycles. The number of hydrogen-bond donors (Lipinski definition) is 0. The van der Waals surface area contributed by atoms with Crippen molar-refractivity contribution in [2.45, 2.75) is 24.5 Å². The number of carbonyl (C=O) groups is 3. The smallest absolute Gasteiger partial charge is 0.338 e. The van der Waals surface area contributed by atoms with Crippen LogP contribution in [0.4, 0.5) is 0 Å². The number of benzene rings is 3. The van der Waals surface area contributed by atoms with Gasteiger partial charge >= 0.3 is 17.9 Å². The second-order valence-corrected chi connectivity index (χ2v) is 9.71. The Morgan fingerprint density at radius 2 is 1.27 bits per heavy atom. The molecule has 1 aliphatic rings. The summed E-state index contributed by atoms with van der Waals surface area (Å²) >= 11 is 0. The summed E-state index contributed by atoms with van der Waals surface area (Å²) < 4.78 is 30.8. The van der Waals surface area contributed by atoms with Gasteiger partial charge in [0.25, 0.3) is 0 Å². The van der Waals surface area contributed by atoms with E-state index in [-0.39, 0.29) is 23.6 Å². The van der Waals surface area contributed by atoms with Crippen molar-refractivity contribution in [2.24, 2.45) is 0 Å². The molecule has 0 saturated carbocycles. The highest BCUT2D eigenvalue weighted by Crippen LogP contribution is 2.37. The van der Waals surface area contributed by atoms with E-state index in [4.69, 9.17) is 23.7 Å². The third kappa shape index (κ3) is 5.83. The molecule has 1 fully saturated rings. The number of aromatic nitrogens is 4. The summed E-state index contributed by atoms with van der Waals surface area (Å²) in [5.41, 5.74) is 1.53. The van der Waals surface area contributed by atoms with Crippen molar-refractivity contribution in [3.8, 4) is 5.88 Å². The Hall–Kier alpha value is -5.62. The van der Waals surface area contributed by atoms with Crippen LogP contribution in [0, 0.1) is 0 Å². The largest absolute Gasteiger partial charge is 0.479 e. The summed E-state index contributed by atoms with van der Waals surface area (Å²) in [5.74, 6) is -1.73. The quantitative estimate of drug-likeness (QED) is 0.180. The van der Waals surface area contributed by atoms with E-state index in [0.29, 0.717) is 16.7 Å². The van der Waals surface area contributed by atoms with Crippen LogP contribution in [0.1, 0.15) is 37.3 Å². The first-order chi connectivity index (χ1) is 21.5. The van der Waals surface area contributed by atoms with Gasteiger partial charge in [0.1, 0.15) is 19.0 Å². The SMILES string of the molecule is COc1ncnc2c1ncn2[C@@H]1O[C@H](COC(=O)c2ccccc2)[C@@H](OC(=O)c2ccccc2)[C@@H]1OC(=O)c1ccccc1. The van der Waals surface area contributed by atoms with Crippen LogP contribution < -0.4 is 4.74 Å². The molecule has 222 valence electrons. The highest BCUT2D eigenvalue weighted by molar-refractivity contribution is 5.91. The molecule has 0 spiro atoms. The number of ether oxygens (including phenoxy) is 5. The van der Waals surface area contributed by atoms with E-state index in [2.05, 4.69) is 15.0 Å². The minimum atomic E-state index is -1.21. The third-order valence-electron chi connectivity index (χ3n) is 6.97. The van der Waals surface area contributed by atoms with Crippen molar-refractivity contribution < 1.29 is 38.1 Å². The van der Waals surface area contributed by atoms with Gasteiger partial charge in [0.15, 0.2) is 29.6 Å². The number of carbonyl (C=O) groups excluding carboxylic acids is 3. The van der Waals surface area contributed by atoms with Crippen LogP contribution in [-0.2, 0) is 18.9 Å². The highest BCUT2D eigenvalue weighted by Gasteiger charge is 2.52. The first-order valence-electron chi connectivity index (χ1n) is 13.6. The summed E-state index contributed by atoms with van der Waals surface area (Å²) in [6.07, 6.45) is -1.83. The normalized spacial score (nSPS) is 19.3. The first kappa shape index (κ1) is 28.5. The van der Waals surface area contributed by atoms with Gasteiger partial charge in [-0.15, -0.1) is 0 Å². The third-order valence-corrected chi connectivity index (χ3v) is 6.97. The van der Waals surface area contributed by atoms with Crippen molar-refractivity contribution in [1.82, 2.24) is 19.5 Å². The minimum Gasteiger partial charge on any atom is -0.479 e. The van der Waals surface area contributed by atoms with Crippen LogP contribution in [0.25, 0.3) is 11.2 Å². The first-order valence-corrected chi connectivity index (χ1v) is 13.6. The fraction of sp³-hybridized carbons (Fsp3) is 0.188. The predicted octanol–water partition coefficient (Wildman–Crippen LogP) is 4.04. The van der Waals surface area contributed by atoms with E-state index >= 15 is 0 Å². The number of hydrogen-bond acceptors (Lipinski definition) is 11. The molecule has 3 heterocycles. The van der Waals surface area contributed by atoms with Crippen LogP contribution in [0.2, 0.25) is 0 Å².